The first kappa shape index (κ1) is 27.0. The molecule has 0 fully saturated rings. The average molecular weight is 555 g/mol. The Morgan fingerprint density at radius 2 is 1.85 bits per heavy atom. The van der Waals surface area contributed by atoms with E-state index in [1.807, 2.05) is 56.8 Å². The molecule has 0 spiro atoms. The Balaban J connectivity index is 1.35. The third-order valence-electron chi connectivity index (χ3n) is 6.31. The highest BCUT2D eigenvalue weighted by Gasteiger charge is 2.18. The lowest BCUT2D eigenvalue weighted by Gasteiger charge is -2.18. The number of aryl methyl sites for hydroxylation is 1. The third kappa shape index (κ3) is 5.72. The van der Waals surface area contributed by atoms with Crippen molar-refractivity contribution in [2.75, 3.05) is 5.32 Å². The smallest absolute Gasteiger partial charge is 0.228 e. The van der Waals surface area contributed by atoms with Crippen molar-refractivity contribution in [3.8, 4) is 11.5 Å². The van der Waals surface area contributed by atoms with Crippen molar-refractivity contribution in [3.05, 3.63) is 96.6 Å². The van der Waals surface area contributed by atoms with E-state index in [0.29, 0.717) is 33.0 Å². The number of anilines is 1. The van der Waals surface area contributed by atoms with Gasteiger partial charge in [-0.2, -0.15) is 5.10 Å². The first-order chi connectivity index (χ1) is 19.0. The molecule has 9 nitrogen and oxygen atoms in total. The monoisotopic (exact) mass is 554 g/mol. The summed E-state index contributed by atoms with van der Waals surface area (Å²) >= 11 is 0. The minimum absolute atomic E-state index is 0.138. The molecule has 0 aliphatic heterocycles. The molecule has 5 aromatic rings. The van der Waals surface area contributed by atoms with E-state index in [0.717, 1.165) is 11.1 Å². The number of benzene rings is 2. The number of hydrogen-bond donors (Lipinski definition) is 2. The van der Waals surface area contributed by atoms with Crippen LogP contribution >= 0.6 is 0 Å². The van der Waals surface area contributed by atoms with E-state index in [2.05, 4.69) is 20.4 Å². The normalized spacial score (nSPS) is 13.1. The fraction of sp³-hybridized carbons (Fsp3) is 0.200. The Morgan fingerprint density at radius 1 is 1.02 bits per heavy atom. The van der Waals surface area contributed by atoms with Gasteiger partial charge < -0.3 is 10.1 Å². The molecule has 2 aromatic carbocycles. The molecule has 1 unspecified atom stereocenters. The van der Waals surface area contributed by atoms with Gasteiger partial charge in [0.05, 0.1) is 34.3 Å². The standard InChI is InChI=1S/C30H30N6O3S/c1-20-15-21(16-28(37)35-22-18-34-36(19-22)30(2,3)4)8-11-26(20)39-27-12-14-32-25-10-9-23(17-24(25)27)40(31,38)29-7-5-6-13-33-29/h5-15,17-19,31H,16H2,1-4H3,(H,35,37). The lowest BCUT2D eigenvalue weighted by Crippen LogP contribution is -2.22. The molecule has 0 saturated heterocycles. The molecular formula is C30H30N6O3S. The van der Waals surface area contributed by atoms with E-state index in [1.165, 1.54) is 6.20 Å². The van der Waals surface area contributed by atoms with Gasteiger partial charge in [0.1, 0.15) is 26.3 Å². The summed E-state index contributed by atoms with van der Waals surface area (Å²) in [5, 5.41) is 8.05. The van der Waals surface area contributed by atoms with Crippen LogP contribution in [-0.2, 0) is 26.5 Å². The second-order valence-corrected chi connectivity index (χ2v) is 12.5. The number of hydrogen-bond acceptors (Lipinski definition) is 7. The highest BCUT2D eigenvalue weighted by atomic mass is 32.2. The van der Waals surface area contributed by atoms with Gasteiger partial charge in [0.2, 0.25) is 5.91 Å². The van der Waals surface area contributed by atoms with Crippen molar-refractivity contribution in [3.63, 3.8) is 0 Å². The van der Waals surface area contributed by atoms with Gasteiger partial charge in [-0.3, -0.25) is 14.5 Å². The molecule has 5 rings (SSSR count). The average Bonchev–Trinajstić information content (AvgIpc) is 3.39. The predicted octanol–water partition coefficient (Wildman–Crippen LogP) is 6.33. The molecule has 1 amide bonds. The van der Waals surface area contributed by atoms with Crippen LogP contribution in [0.1, 0.15) is 31.9 Å². The van der Waals surface area contributed by atoms with Crippen molar-refractivity contribution < 1.29 is 13.7 Å². The SMILES string of the molecule is Cc1cc(CC(=O)Nc2cnn(C(C)(C)C)c2)ccc1Oc1ccnc2ccc(S(=N)(=O)c3ccccn3)cc12. The topological polar surface area (TPSA) is 123 Å². The molecule has 3 aromatic heterocycles. The Morgan fingerprint density at radius 3 is 2.55 bits per heavy atom. The van der Waals surface area contributed by atoms with Crippen LogP contribution in [0.5, 0.6) is 11.5 Å². The van der Waals surface area contributed by atoms with E-state index in [1.54, 1.807) is 54.9 Å². The van der Waals surface area contributed by atoms with Gasteiger partial charge in [0, 0.05) is 24.0 Å². The molecule has 204 valence electrons. The molecule has 0 bridgehead atoms. The van der Waals surface area contributed by atoms with Crippen LogP contribution in [0.4, 0.5) is 5.69 Å². The van der Waals surface area contributed by atoms with Crippen LogP contribution < -0.4 is 10.1 Å². The number of nitrogens with one attached hydrogen (secondary N) is 2. The Bertz CT molecular complexity index is 1810. The summed E-state index contributed by atoms with van der Waals surface area (Å²) in [6, 6.07) is 17.4. The molecule has 0 aliphatic rings. The molecule has 40 heavy (non-hydrogen) atoms. The van der Waals surface area contributed by atoms with Crippen molar-refractivity contribution in [2.24, 2.45) is 0 Å². The second-order valence-electron chi connectivity index (χ2n) is 10.5. The number of pyridine rings is 2. The number of amides is 1. The molecule has 0 saturated carbocycles. The number of aromatic nitrogens is 4. The molecule has 0 aliphatic carbocycles. The molecule has 1 atom stereocenters. The first-order valence-corrected chi connectivity index (χ1v) is 14.3. The van der Waals surface area contributed by atoms with E-state index in [9.17, 15) is 9.00 Å². The molecule has 3 heterocycles. The van der Waals surface area contributed by atoms with Gasteiger partial charge >= 0.3 is 0 Å². The van der Waals surface area contributed by atoms with Crippen LogP contribution in [0, 0.1) is 11.7 Å². The first-order valence-electron chi connectivity index (χ1n) is 12.7. The summed E-state index contributed by atoms with van der Waals surface area (Å²) in [7, 11) is -3.31. The van der Waals surface area contributed by atoms with Gasteiger partial charge in [-0.15, -0.1) is 0 Å². The fourth-order valence-corrected chi connectivity index (χ4v) is 5.47. The van der Waals surface area contributed by atoms with E-state index in [4.69, 9.17) is 9.52 Å². The van der Waals surface area contributed by atoms with Crippen LogP contribution in [-0.4, -0.2) is 29.9 Å². The predicted molar refractivity (Wildman–Crippen MR) is 154 cm³/mol. The number of ether oxygens (including phenoxy) is 1. The number of carbonyl (C=O) groups excluding carboxylic acids is 1. The van der Waals surface area contributed by atoms with Crippen LogP contribution in [0.15, 0.2) is 95.4 Å². The maximum Gasteiger partial charge on any atom is 0.228 e. The maximum absolute atomic E-state index is 13.3. The minimum atomic E-state index is -3.31. The zero-order valence-corrected chi connectivity index (χ0v) is 23.5. The molecular weight excluding hydrogens is 524 g/mol. The second kappa shape index (κ2) is 10.5. The quantitative estimate of drug-likeness (QED) is 0.242. The highest BCUT2D eigenvalue weighted by molar-refractivity contribution is 7.92. The highest BCUT2D eigenvalue weighted by Crippen LogP contribution is 2.33. The number of nitrogens with zero attached hydrogens (tertiary/aromatic N) is 4. The van der Waals surface area contributed by atoms with Crippen LogP contribution in [0.25, 0.3) is 10.9 Å². The number of fused-ring (bicyclic) bond motifs is 1. The lowest BCUT2D eigenvalue weighted by atomic mass is 10.1. The zero-order chi connectivity index (χ0) is 28.5. The molecule has 10 heteroatoms. The Kier molecular flexibility index (Phi) is 7.12. The fourth-order valence-electron chi connectivity index (χ4n) is 4.21. The van der Waals surface area contributed by atoms with Gasteiger partial charge in [0.25, 0.3) is 0 Å². The summed E-state index contributed by atoms with van der Waals surface area (Å²) in [5.74, 6) is 0.999. The summed E-state index contributed by atoms with van der Waals surface area (Å²) in [6.45, 7) is 8.04. The Hall–Kier alpha value is -4.57. The van der Waals surface area contributed by atoms with Gasteiger partial charge in [-0.05, 0) is 81.3 Å². The lowest BCUT2D eigenvalue weighted by molar-refractivity contribution is -0.115. The summed E-state index contributed by atoms with van der Waals surface area (Å²) in [6.07, 6.45) is 6.83. The van der Waals surface area contributed by atoms with Crippen molar-refractivity contribution in [1.29, 1.82) is 4.78 Å². The third-order valence-corrected chi connectivity index (χ3v) is 8.06. The summed E-state index contributed by atoms with van der Waals surface area (Å²) in [4.78, 5) is 21.5. The molecule has 0 radical (unpaired) electrons. The van der Waals surface area contributed by atoms with Crippen molar-refractivity contribution >= 4 is 32.2 Å². The largest absolute Gasteiger partial charge is 0.456 e. The van der Waals surface area contributed by atoms with Crippen LogP contribution in [0.3, 0.4) is 0 Å². The van der Waals surface area contributed by atoms with Gasteiger partial charge in [-0.25, -0.2) is 14.0 Å². The van der Waals surface area contributed by atoms with Crippen LogP contribution in [0.2, 0.25) is 0 Å². The Labute approximate surface area is 233 Å². The van der Waals surface area contributed by atoms with Gasteiger partial charge in [-0.1, -0.05) is 18.2 Å². The van der Waals surface area contributed by atoms with E-state index < -0.39 is 9.73 Å². The number of rotatable bonds is 7. The maximum atomic E-state index is 13.3. The van der Waals surface area contributed by atoms with Crippen molar-refractivity contribution in [2.45, 2.75) is 49.6 Å². The van der Waals surface area contributed by atoms with Gasteiger partial charge in [0.15, 0.2) is 0 Å². The number of carbonyl (C=O) groups is 1. The van der Waals surface area contributed by atoms with Crippen molar-refractivity contribution in [1.82, 2.24) is 19.7 Å². The summed E-state index contributed by atoms with van der Waals surface area (Å²) < 4.78 is 30.0. The van der Waals surface area contributed by atoms with E-state index in [-0.39, 0.29) is 22.9 Å². The zero-order valence-electron chi connectivity index (χ0n) is 22.7. The summed E-state index contributed by atoms with van der Waals surface area (Å²) in [5.41, 5.74) is 2.83. The minimum Gasteiger partial charge on any atom is -0.456 e. The molecule has 2 N–H and O–H groups in total. The van der Waals surface area contributed by atoms with E-state index >= 15 is 0 Å².